The fraction of sp³-hybridized carbons (Fsp3) is 0.538. The van der Waals surface area contributed by atoms with Crippen LogP contribution in [0.2, 0.25) is 0 Å². The third-order valence-corrected chi connectivity index (χ3v) is 3.84. The van der Waals surface area contributed by atoms with Gasteiger partial charge in [-0.25, -0.2) is 0 Å². The first kappa shape index (κ1) is 15.1. The van der Waals surface area contributed by atoms with Gasteiger partial charge in [0.05, 0.1) is 4.92 Å². The SMILES string of the molecule is CC(C)C(Cc1cccc([N+](=O)[O-])c1F)C(C)Br. The van der Waals surface area contributed by atoms with Gasteiger partial charge in [0.25, 0.3) is 0 Å². The average Bonchev–Trinajstić information content (AvgIpc) is 2.26. The van der Waals surface area contributed by atoms with Gasteiger partial charge in [0.2, 0.25) is 5.82 Å². The lowest BCUT2D eigenvalue weighted by molar-refractivity contribution is -0.387. The molecule has 0 saturated heterocycles. The van der Waals surface area contributed by atoms with Crippen LogP contribution in [0.5, 0.6) is 0 Å². The Morgan fingerprint density at radius 1 is 1.39 bits per heavy atom. The minimum Gasteiger partial charge on any atom is -0.258 e. The maximum Gasteiger partial charge on any atom is 0.305 e. The Morgan fingerprint density at radius 2 is 2.00 bits per heavy atom. The van der Waals surface area contributed by atoms with Crippen molar-refractivity contribution in [3.05, 3.63) is 39.7 Å². The minimum atomic E-state index is -0.707. The summed E-state index contributed by atoms with van der Waals surface area (Å²) in [6.07, 6.45) is 0.498. The molecule has 18 heavy (non-hydrogen) atoms. The van der Waals surface area contributed by atoms with E-state index < -0.39 is 16.4 Å². The summed E-state index contributed by atoms with van der Waals surface area (Å²) < 4.78 is 14.0. The monoisotopic (exact) mass is 317 g/mol. The number of hydrogen-bond donors (Lipinski definition) is 0. The quantitative estimate of drug-likeness (QED) is 0.461. The number of benzene rings is 1. The number of nitrogens with zero attached hydrogens (tertiary/aromatic N) is 1. The summed E-state index contributed by atoms with van der Waals surface area (Å²) in [5.41, 5.74) is -0.0357. The molecule has 0 aliphatic rings. The van der Waals surface area contributed by atoms with E-state index in [1.54, 1.807) is 6.07 Å². The molecule has 0 spiro atoms. The summed E-state index contributed by atoms with van der Waals surface area (Å²) in [6, 6.07) is 4.35. The van der Waals surface area contributed by atoms with E-state index in [-0.39, 0.29) is 10.7 Å². The molecule has 1 rings (SSSR count). The van der Waals surface area contributed by atoms with Crippen molar-refractivity contribution in [2.45, 2.75) is 32.0 Å². The Bertz CT molecular complexity index is 427. The van der Waals surface area contributed by atoms with Crippen molar-refractivity contribution in [3.63, 3.8) is 0 Å². The van der Waals surface area contributed by atoms with Gasteiger partial charge in [0, 0.05) is 10.9 Å². The smallest absolute Gasteiger partial charge is 0.258 e. The molecule has 0 N–H and O–H groups in total. The normalized spacial score (nSPS) is 14.6. The third-order valence-electron chi connectivity index (χ3n) is 3.16. The summed E-state index contributed by atoms with van der Waals surface area (Å²) in [4.78, 5) is 10.2. The van der Waals surface area contributed by atoms with Gasteiger partial charge in [0.15, 0.2) is 0 Å². The molecule has 1 aromatic carbocycles. The zero-order valence-electron chi connectivity index (χ0n) is 10.7. The Labute approximate surface area is 115 Å². The third kappa shape index (κ3) is 3.51. The van der Waals surface area contributed by atoms with Crippen LogP contribution in [-0.4, -0.2) is 9.75 Å². The van der Waals surface area contributed by atoms with Crippen LogP contribution < -0.4 is 0 Å². The number of halogens is 2. The van der Waals surface area contributed by atoms with Crippen molar-refractivity contribution in [2.75, 3.05) is 0 Å². The first-order valence-electron chi connectivity index (χ1n) is 5.90. The van der Waals surface area contributed by atoms with Crippen LogP contribution in [0.15, 0.2) is 18.2 Å². The molecule has 5 heteroatoms. The van der Waals surface area contributed by atoms with Crippen LogP contribution in [0.25, 0.3) is 0 Å². The van der Waals surface area contributed by atoms with Crippen LogP contribution in [0.3, 0.4) is 0 Å². The molecule has 0 heterocycles. The van der Waals surface area contributed by atoms with Crippen molar-refractivity contribution in [3.8, 4) is 0 Å². The molecule has 3 nitrogen and oxygen atoms in total. The Kier molecular flexibility index (Phi) is 5.26. The number of rotatable bonds is 5. The zero-order valence-corrected chi connectivity index (χ0v) is 12.3. The van der Waals surface area contributed by atoms with Gasteiger partial charge in [-0.2, -0.15) is 4.39 Å². The highest BCUT2D eigenvalue weighted by Crippen LogP contribution is 2.29. The Morgan fingerprint density at radius 3 is 2.44 bits per heavy atom. The number of hydrogen-bond acceptors (Lipinski definition) is 2. The minimum absolute atomic E-state index is 0.233. The van der Waals surface area contributed by atoms with Gasteiger partial charge < -0.3 is 0 Å². The molecular formula is C13H17BrFNO2. The second-order valence-electron chi connectivity index (χ2n) is 4.80. The van der Waals surface area contributed by atoms with Gasteiger partial charge in [-0.05, 0) is 23.8 Å². The highest BCUT2D eigenvalue weighted by molar-refractivity contribution is 9.09. The zero-order chi connectivity index (χ0) is 13.9. The van der Waals surface area contributed by atoms with Crippen LogP contribution in [0.4, 0.5) is 10.1 Å². The molecule has 0 amide bonds. The first-order chi connectivity index (χ1) is 8.34. The second kappa shape index (κ2) is 6.27. The first-order valence-corrected chi connectivity index (χ1v) is 6.82. The predicted octanol–water partition coefficient (Wildman–Crippen LogP) is 4.33. The van der Waals surface area contributed by atoms with Gasteiger partial charge in [-0.1, -0.05) is 48.8 Å². The lowest BCUT2D eigenvalue weighted by Crippen LogP contribution is -2.21. The fourth-order valence-corrected chi connectivity index (χ4v) is 2.84. The van der Waals surface area contributed by atoms with E-state index in [1.165, 1.54) is 12.1 Å². The second-order valence-corrected chi connectivity index (χ2v) is 6.24. The number of alkyl halides is 1. The summed E-state index contributed by atoms with van der Waals surface area (Å²) in [5.74, 6) is -0.0964. The lowest BCUT2D eigenvalue weighted by atomic mass is 9.87. The molecule has 100 valence electrons. The molecule has 0 aliphatic carbocycles. The van der Waals surface area contributed by atoms with Crippen molar-refractivity contribution >= 4 is 21.6 Å². The highest BCUT2D eigenvalue weighted by Gasteiger charge is 2.23. The molecule has 0 aliphatic heterocycles. The van der Waals surface area contributed by atoms with Gasteiger partial charge in [0.1, 0.15) is 0 Å². The number of nitro groups is 1. The maximum atomic E-state index is 14.0. The topological polar surface area (TPSA) is 43.1 Å². The molecule has 2 unspecified atom stereocenters. The summed E-state index contributed by atoms with van der Waals surface area (Å²) in [5, 5.41) is 10.7. The van der Waals surface area contributed by atoms with E-state index in [2.05, 4.69) is 29.8 Å². The molecule has 1 aromatic rings. The molecule has 0 bridgehead atoms. The molecule has 0 fully saturated rings. The van der Waals surface area contributed by atoms with E-state index in [0.717, 1.165) is 0 Å². The number of nitro benzene ring substituents is 1. The lowest BCUT2D eigenvalue weighted by Gasteiger charge is -2.23. The van der Waals surface area contributed by atoms with Gasteiger partial charge in [-0.3, -0.25) is 10.1 Å². The van der Waals surface area contributed by atoms with Crippen LogP contribution in [-0.2, 0) is 6.42 Å². The molecule has 2 atom stereocenters. The summed E-state index contributed by atoms with van der Waals surface area (Å²) in [7, 11) is 0. The van der Waals surface area contributed by atoms with Crippen LogP contribution >= 0.6 is 15.9 Å². The summed E-state index contributed by atoms with van der Waals surface area (Å²) >= 11 is 3.51. The molecular weight excluding hydrogens is 301 g/mol. The van der Waals surface area contributed by atoms with Crippen molar-refractivity contribution in [1.29, 1.82) is 0 Å². The summed E-state index contributed by atoms with van der Waals surface area (Å²) in [6.45, 7) is 6.15. The van der Waals surface area contributed by atoms with E-state index in [4.69, 9.17) is 0 Å². The van der Waals surface area contributed by atoms with E-state index in [9.17, 15) is 14.5 Å². The van der Waals surface area contributed by atoms with E-state index in [1.807, 2.05) is 6.92 Å². The van der Waals surface area contributed by atoms with Crippen LogP contribution in [0, 0.1) is 27.8 Å². The van der Waals surface area contributed by atoms with Crippen molar-refractivity contribution in [1.82, 2.24) is 0 Å². The Balaban J connectivity index is 3.04. The van der Waals surface area contributed by atoms with Gasteiger partial charge >= 0.3 is 5.69 Å². The van der Waals surface area contributed by atoms with E-state index in [0.29, 0.717) is 17.9 Å². The van der Waals surface area contributed by atoms with Crippen molar-refractivity contribution < 1.29 is 9.31 Å². The largest absolute Gasteiger partial charge is 0.305 e. The van der Waals surface area contributed by atoms with Crippen LogP contribution in [0.1, 0.15) is 26.3 Å². The standard InChI is InChI=1S/C13H17BrFNO2/c1-8(2)11(9(3)14)7-10-5-4-6-12(13(10)15)16(17)18/h4-6,8-9,11H,7H2,1-3H3. The predicted molar refractivity (Wildman–Crippen MR) is 73.5 cm³/mol. The van der Waals surface area contributed by atoms with Gasteiger partial charge in [-0.15, -0.1) is 0 Å². The highest BCUT2D eigenvalue weighted by atomic mass is 79.9. The molecule has 0 saturated carbocycles. The maximum absolute atomic E-state index is 14.0. The fourth-order valence-electron chi connectivity index (χ4n) is 2.05. The molecule has 0 aromatic heterocycles. The Hall–Kier alpha value is -0.970. The van der Waals surface area contributed by atoms with E-state index >= 15 is 0 Å². The van der Waals surface area contributed by atoms with Crippen molar-refractivity contribution in [2.24, 2.45) is 11.8 Å². The molecule has 0 radical (unpaired) electrons. The average molecular weight is 318 g/mol.